The number of H-pyrrole nitrogens is 1. The van der Waals surface area contributed by atoms with Crippen molar-refractivity contribution in [2.75, 3.05) is 11.4 Å². The van der Waals surface area contributed by atoms with Crippen LogP contribution in [0.15, 0.2) is 72.8 Å². The van der Waals surface area contributed by atoms with Crippen LogP contribution >= 0.6 is 0 Å². The number of anilines is 1. The van der Waals surface area contributed by atoms with Crippen molar-refractivity contribution in [3.63, 3.8) is 0 Å². The Hall–Kier alpha value is -4.46. The number of imidazole rings is 1. The minimum Gasteiger partial charge on any atom is -0.344 e. The van der Waals surface area contributed by atoms with Crippen LogP contribution in [0.25, 0.3) is 11.0 Å². The minimum atomic E-state index is -0.675. The topological polar surface area (TPSA) is 98.4 Å². The quantitative estimate of drug-likeness (QED) is 0.448. The monoisotopic (exact) mass is 479 g/mol. The minimum absolute atomic E-state index is 0.0533. The number of nitrogens with one attached hydrogen (secondary N) is 2. The molecule has 2 atom stereocenters. The highest BCUT2D eigenvalue weighted by molar-refractivity contribution is 6.17. The van der Waals surface area contributed by atoms with E-state index in [1.165, 1.54) is 4.90 Å². The summed E-state index contributed by atoms with van der Waals surface area (Å²) in [5, 5.41) is 3.07. The van der Waals surface area contributed by atoms with Crippen LogP contribution in [-0.4, -0.2) is 39.1 Å². The van der Waals surface area contributed by atoms with Gasteiger partial charge in [0.1, 0.15) is 18.5 Å². The average Bonchev–Trinajstić information content (AvgIpc) is 3.44. The molecule has 0 bridgehead atoms. The molecule has 0 saturated heterocycles. The third kappa shape index (κ3) is 3.37. The van der Waals surface area contributed by atoms with Crippen molar-refractivity contribution in [1.82, 2.24) is 20.2 Å². The second kappa shape index (κ2) is 8.34. The van der Waals surface area contributed by atoms with Gasteiger partial charge in [0.05, 0.1) is 28.3 Å². The summed E-state index contributed by atoms with van der Waals surface area (Å²) in [4.78, 5) is 51.4. The lowest BCUT2D eigenvalue weighted by Gasteiger charge is -2.40. The fourth-order valence-electron chi connectivity index (χ4n) is 5.18. The van der Waals surface area contributed by atoms with E-state index in [1.807, 2.05) is 56.3 Å². The second-order valence-electron chi connectivity index (χ2n) is 9.51. The lowest BCUT2D eigenvalue weighted by Crippen LogP contribution is -2.52. The number of carbonyl (C=O) groups excluding carboxylic acids is 3. The Kier molecular flexibility index (Phi) is 5.10. The van der Waals surface area contributed by atoms with Gasteiger partial charge in [0.25, 0.3) is 11.8 Å². The molecule has 0 radical (unpaired) electrons. The predicted molar refractivity (Wildman–Crippen MR) is 135 cm³/mol. The van der Waals surface area contributed by atoms with E-state index in [0.29, 0.717) is 22.6 Å². The van der Waals surface area contributed by atoms with Gasteiger partial charge < -0.3 is 15.2 Å². The third-order valence-corrected chi connectivity index (χ3v) is 6.88. The van der Waals surface area contributed by atoms with Crippen LogP contribution in [0, 0.1) is 5.92 Å². The molecule has 0 spiro atoms. The normalized spacial score (nSPS) is 17.2. The van der Waals surface area contributed by atoms with E-state index in [1.54, 1.807) is 35.2 Å². The molecule has 2 N–H and O–H groups in total. The Bertz CT molecular complexity index is 1490. The summed E-state index contributed by atoms with van der Waals surface area (Å²) in [6.07, 6.45) is -0.675. The van der Waals surface area contributed by atoms with Gasteiger partial charge in [-0.1, -0.05) is 56.3 Å². The molecule has 3 aromatic carbocycles. The second-order valence-corrected chi connectivity index (χ2v) is 9.51. The van der Waals surface area contributed by atoms with Gasteiger partial charge in [0.2, 0.25) is 5.91 Å². The number of hydrogen-bond acceptors (Lipinski definition) is 4. The van der Waals surface area contributed by atoms with Crippen LogP contribution in [0.4, 0.5) is 5.69 Å². The van der Waals surface area contributed by atoms with Crippen molar-refractivity contribution in [3.05, 3.63) is 95.3 Å². The van der Waals surface area contributed by atoms with Crippen molar-refractivity contribution < 1.29 is 14.4 Å². The van der Waals surface area contributed by atoms with E-state index in [2.05, 4.69) is 15.3 Å². The number of fused-ring (bicyclic) bond motifs is 6. The molecular weight excluding hydrogens is 454 g/mol. The number of carbonyl (C=O) groups is 3. The van der Waals surface area contributed by atoms with Gasteiger partial charge in [0.15, 0.2) is 0 Å². The first-order valence-corrected chi connectivity index (χ1v) is 12.0. The summed E-state index contributed by atoms with van der Waals surface area (Å²) >= 11 is 0. The Morgan fingerprint density at radius 1 is 0.944 bits per heavy atom. The van der Waals surface area contributed by atoms with Crippen LogP contribution in [0.3, 0.4) is 0 Å². The van der Waals surface area contributed by atoms with E-state index in [0.717, 1.165) is 16.6 Å². The summed E-state index contributed by atoms with van der Waals surface area (Å²) in [6.45, 7) is 3.82. The highest BCUT2D eigenvalue weighted by Gasteiger charge is 2.48. The summed E-state index contributed by atoms with van der Waals surface area (Å²) in [5.74, 6) is -0.0613. The number of benzene rings is 3. The molecule has 8 heteroatoms. The van der Waals surface area contributed by atoms with E-state index < -0.39 is 6.17 Å². The maximum atomic E-state index is 13.6. The smallest absolute Gasteiger partial charge is 0.260 e. The van der Waals surface area contributed by atoms with Crippen LogP contribution in [0.1, 0.15) is 58.2 Å². The van der Waals surface area contributed by atoms with Crippen LogP contribution in [-0.2, 0) is 4.79 Å². The molecule has 2 aliphatic rings. The van der Waals surface area contributed by atoms with Crippen molar-refractivity contribution in [3.8, 4) is 0 Å². The first-order valence-electron chi connectivity index (χ1n) is 12.0. The lowest BCUT2D eigenvalue weighted by atomic mass is 10.0. The third-order valence-electron chi connectivity index (χ3n) is 6.88. The molecule has 8 nitrogen and oxygen atoms in total. The van der Waals surface area contributed by atoms with Gasteiger partial charge in [-0.15, -0.1) is 0 Å². The molecule has 0 fully saturated rings. The molecule has 1 aromatic heterocycles. The molecule has 36 heavy (non-hydrogen) atoms. The van der Waals surface area contributed by atoms with Gasteiger partial charge >= 0.3 is 0 Å². The van der Waals surface area contributed by atoms with Crippen molar-refractivity contribution in [2.45, 2.75) is 26.1 Å². The molecule has 0 aliphatic carbocycles. The van der Waals surface area contributed by atoms with Crippen molar-refractivity contribution in [2.24, 2.45) is 5.92 Å². The Morgan fingerprint density at radius 3 is 2.42 bits per heavy atom. The molecule has 2 aliphatic heterocycles. The molecule has 4 aromatic rings. The predicted octanol–water partition coefficient (Wildman–Crippen LogP) is 4.19. The number of aromatic amines is 1. The molecular formula is C28H25N5O3. The summed E-state index contributed by atoms with van der Waals surface area (Å²) < 4.78 is 0. The standard InChI is InChI=1S/C28H25N5O3/c1-16(2)24(25-29-20-12-6-7-13-21(20)30-25)31-23(34)15-32-26-17-9-3-4-10-18(17)28(36)33(26)22-14-8-5-11-19(22)27(32)35/h3-14,16,24,26H,15H2,1-2H3,(H,29,30)(H,31,34)/t24-,26+/m0/s1. The molecule has 0 saturated carbocycles. The lowest BCUT2D eigenvalue weighted by molar-refractivity contribution is -0.123. The van der Waals surface area contributed by atoms with Gasteiger partial charge in [-0.2, -0.15) is 0 Å². The van der Waals surface area contributed by atoms with E-state index in [4.69, 9.17) is 0 Å². The number of para-hydroxylation sites is 3. The molecule has 6 rings (SSSR count). The number of hydrogen-bond donors (Lipinski definition) is 2. The molecule has 3 heterocycles. The van der Waals surface area contributed by atoms with Gasteiger partial charge in [0, 0.05) is 11.1 Å². The largest absolute Gasteiger partial charge is 0.344 e. The van der Waals surface area contributed by atoms with Gasteiger partial charge in [-0.25, -0.2) is 4.98 Å². The zero-order chi connectivity index (χ0) is 25.0. The van der Waals surface area contributed by atoms with Crippen LogP contribution in [0.2, 0.25) is 0 Å². The number of aromatic nitrogens is 2. The van der Waals surface area contributed by atoms with Crippen LogP contribution < -0.4 is 10.2 Å². The van der Waals surface area contributed by atoms with E-state index in [9.17, 15) is 14.4 Å². The van der Waals surface area contributed by atoms with Crippen LogP contribution in [0.5, 0.6) is 0 Å². The zero-order valence-electron chi connectivity index (χ0n) is 19.9. The molecule has 0 unspecified atom stereocenters. The zero-order valence-corrected chi connectivity index (χ0v) is 19.9. The van der Waals surface area contributed by atoms with Gasteiger partial charge in [-0.05, 0) is 36.2 Å². The Morgan fingerprint density at radius 2 is 1.64 bits per heavy atom. The first-order chi connectivity index (χ1) is 17.4. The number of amides is 3. The maximum Gasteiger partial charge on any atom is 0.260 e. The van der Waals surface area contributed by atoms with E-state index >= 15 is 0 Å². The molecule has 180 valence electrons. The summed E-state index contributed by atoms with van der Waals surface area (Å²) in [6, 6.07) is 21.6. The first kappa shape index (κ1) is 22.0. The highest BCUT2D eigenvalue weighted by Crippen LogP contribution is 2.45. The van der Waals surface area contributed by atoms with Crippen molar-refractivity contribution in [1.29, 1.82) is 0 Å². The van der Waals surface area contributed by atoms with Crippen molar-refractivity contribution >= 4 is 34.4 Å². The fourth-order valence-corrected chi connectivity index (χ4v) is 5.18. The number of rotatable bonds is 5. The highest BCUT2D eigenvalue weighted by atomic mass is 16.2. The summed E-state index contributed by atoms with van der Waals surface area (Å²) in [5.41, 5.74) is 3.95. The summed E-state index contributed by atoms with van der Waals surface area (Å²) in [7, 11) is 0. The number of nitrogens with zero attached hydrogens (tertiary/aromatic N) is 3. The SMILES string of the molecule is CC(C)[C@H](NC(=O)CN1C(=O)c2ccccc2N2C(=O)c3ccccc3[C@H]12)c1nc2ccccc2[nH]1. The van der Waals surface area contributed by atoms with E-state index in [-0.39, 0.29) is 36.2 Å². The molecule has 3 amide bonds. The fraction of sp³-hybridized carbons (Fsp3) is 0.214. The average molecular weight is 480 g/mol. The maximum absolute atomic E-state index is 13.6. The Balaban J connectivity index is 1.33. The van der Waals surface area contributed by atoms with Gasteiger partial charge in [-0.3, -0.25) is 19.3 Å². The Labute approximate surface area is 207 Å².